The quantitative estimate of drug-likeness (QED) is 0.388. The minimum absolute atomic E-state index is 0.0523. The van der Waals surface area contributed by atoms with E-state index in [1.807, 2.05) is 36.4 Å². The van der Waals surface area contributed by atoms with Crippen LogP contribution in [0.5, 0.6) is 0 Å². The number of aliphatic carboxylic acids is 1. The molecule has 10 nitrogen and oxygen atoms in total. The van der Waals surface area contributed by atoms with Gasteiger partial charge in [-0.25, -0.2) is 14.5 Å². The molecule has 0 saturated heterocycles. The number of carboxylic acid groups (broad SMARTS) is 1. The van der Waals surface area contributed by atoms with Crippen LogP contribution in [0.3, 0.4) is 0 Å². The number of amides is 1. The molecule has 188 valence electrons. The lowest BCUT2D eigenvalue weighted by molar-refractivity contribution is -0.192. The molecule has 1 amide bonds. The number of H-pyrrole nitrogens is 1. The minimum atomic E-state index is -5.08. The van der Waals surface area contributed by atoms with Gasteiger partial charge in [0.25, 0.3) is 5.91 Å². The standard InChI is InChI=1S/C21H21N7O.C2HF3O2/c29-21(14-8-10-17(11-9-14)28-13-22-26-27-28)23-16-5-3-4-15(12-16)20-24-18-6-1-2-7-19(18)25-20;3-2(4,5)1(6)7/h1-2,6-11,13,15-16H,3-5,12H2,(H,23,29)(H,24,25);(H,6,7). The summed E-state index contributed by atoms with van der Waals surface area (Å²) in [7, 11) is 0. The fraction of sp³-hybridized carbons (Fsp3) is 0.304. The average Bonchev–Trinajstić information content (AvgIpc) is 3.54. The molecule has 2 heterocycles. The molecular weight excluding hydrogens is 479 g/mol. The summed E-state index contributed by atoms with van der Waals surface area (Å²) in [4.78, 5) is 29.8. The van der Waals surface area contributed by atoms with Crippen molar-refractivity contribution in [3.63, 3.8) is 0 Å². The molecule has 3 N–H and O–H groups in total. The zero-order valence-corrected chi connectivity index (χ0v) is 18.8. The first-order chi connectivity index (χ1) is 17.2. The van der Waals surface area contributed by atoms with E-state index in [1.165, 1.54) is 6.33 Å². The van der Waals surface area contributed by atoms with Crippen LogP contribution >= 0.6 is 0 Å². The molecule has 0 aliphatic heterocycles. The molecule has 1 saturated carbocycles. The van der Waals surface area contributed by atoms with E-state index in [0.29, 0.717) is 11.5 Å². The smallest absolute Gasteiger partial charge is 0.475 e. The number of carbonyl (C=O) groups excluding carboxylic acids is 1. The van der Waals surface area contributed by atoms with E-state index in [0.717, 1.165) is 48.2 Å². The molecule has 2 unspecified atom stereocenters. The summed E-state index contributed by atoms with van der Waals surface area (Å²) in [6.45, 7) is 0. The maximum atomic E-state index is 12.7. The number of rotatable bonds is 4. The number of imidazole rings is 1. The van der Waals surface area contributed by atoms with Gasteiger partial charge in [0.05, 0.1) is 16.7 Å². The number of para-hydroxylation sites is 2. The normalized spacial score (nSPS) is 17.8. The number of nitrogens with one attached hydrogen (secondary N) is 2. The van der Waals surface area contributed by atoms with Crippen LogP contribution < -0.4 is 5.32 Å². The number of alkyl halides is 3. The van der Waals surface area contributed by atoms with Gasteiger partial charge in [0.15, 0.2) is 0 Å². The van der Waals surface area contributed by atoms with Gasteiger partial charge in [0.1, 0.15) is 12.2 Å². The molecule has 1 aliphatic rings. The van der Waals surface area contributed by atoms with E-state index in [2.05, 4.69) is 25.8 Å². The molecular formula is C23H22F3N7O3. The minimum Gasteiger partial charge on any atom is -0.475 e. The molecule has 1 fully saturated rings. The largest absolute Gasteiger partial charge is 0.490 e. The summed E-state index contributed by atoms with van der Waals surface area (Å²) in [6.07, 6.45) is 0.493. The van der Waals surface area contributed by atoms with Crippen LogP contribution in [0.1, 0.15) is 47.8 Å². The van der Waals surface area contributed by atoms with Crippen molar-refractivity contribution in [1.82, 2.24) is 35.5 Å². The molecule has 0 radical (unpaired) electrons. The molecule has 4 aromatic rings. The van der Waals surface area contributed by atoms with Crippen molar-refractivity contribution in [2.45, 2.75) is 43.8 Å². The lowest BCUT2D eigenvalue weighted by Crippen LogP contribution is -2.38. The van der Waals surface area contributed by atoms with Crippen molar-refractivity contribution >= 4 is 22.9 Å². The molecule has 0 bridgehead atoms. The first-order valence-corrected chi connectivity index (χ1v) is 11.1. The van der Waals surface area contributed by atoms with Gasteiger partial charge in [-0.3, -0.25) is 4.79 Å². The number of carboxylic acids is 1. The first kappa shape index (κ1) is 24.8. The Labute approximate surface area is 202 Å². The average molecular weight is 501 g/mol. The van der Waals surface area contributed by atoms with E-state index < -0.39 is 12.1 Å². The molecule has 5 rings (SSSR count). The number of aromatic amines is 1. The molecule has 36 heavy (non-hydrogen) atoms. The van der Waals surface area contributed by atoms with Crippen molar-refractivity contribution < 1.29 is 27.9 Å². The van der Waals surface area contributed by atoms with Crippen LogP contribution in [-0.2, 0) is 4.79 Å². The van der Waals surface area contributed by atoms with Gasteiger partial charge in [0.2, 0.25) is 0 Å². The van der Waals surface area contributed by atoms with E-state index in [9.17, 15) is 18.0 Å². The third kappa shape index (κ3) is 6.03. The number of hydrogen-bond donors (Lipinski definition) is 3. The zero-order valence-electron chi connectivity index (χ0n) is 18.8. The van der Waals surface area contributed by atoms with Crippen LogP contribution in [0.15, 0.2) is 54.9 Å². The van der Waals surface area contributed by atoms with Crippen LogP contribution in [0.2, 0.25) is 0 Å². The second-order valence-corrected chi connectivity index (χ2v) is 8.28. The molecule has 2 aromatic carbocycles. The molecule has 2 atom stereocenters. The van der Waals surface area contributed by atoms with E-state index in [-0.39, 0.29) is 11.9 Å². The Morgan fingerprint density at radius 1 is 1.08 bits per heavy atom. The number of hydrogen-bond acceptors (Lipinski definition) is 6. The van der Waals surface area contributed by atoms with Gasteiger partial charge < -0.3 is 15.4 Å². The van der Waals surface area contributed by atoms with Crippen molar-refractivity contribution in [3.05, 3.63) is 66.2 Å². The van der Waals surface area contributed by atoms with Gasteiger partial charge in [-0.1, -0.05) is 18.6 Å². The molecule has 2 aromatic heterocycles. The van der Waals surface area contributed by atoms with E-state index >= 15 is 0 Å². The van der Waals surface area contributed by atoms with Crippen molar-refractivity contribution in [3.8, 4) is 5.69 Å². The van der Waals surface area contributed by atoms with Crippen molar-refractivity contribution in [2.75, 3.05) is 0 Å². The van der Waals surface area contributed by atoms with Crippen molar-refractivity contribution in [1.29, 1.82) is 0 Å². The second kappa shape index (κ2) is 10.5. The van der Waals surface area contributed by atoms with Gasteiger partial charge in [-0.15, -0.1) is 5.10 Å². The lowest BCUT2D eigenvalue weighted by Gasteiger charge is -2.28. The van der Waals surface area contributed by atoms with Gasteiger partial charge >= 0.3 is 12.1 Å². The number of fused-ring (bicyclic) bond motifs is 1. The Morgan fingerprint density at radius 2 is 1.81 bits per heavy atom. The predicted octanol–water partition coefficient (Wildman–Crippen LogP) is 3.63. The second-order valence-electron chi connectivity index (χ2n) is 8.28. The SMILES string of the molecule is O=C(NC1CCCC(c2nc3ccccc3[nH]2)C1)c1ccc(-n2cnnn2)cc1.O=C(O)C(F)(F)F. The number of tetrazole rings is 1. The molecule has 13 heteroatoms. The van der Waals surface area contributed by atoms with E-state index in [4.69, 9.17) is 14.9 Å². The highest BCUT2D eigenvalue weighted by molar-refractivity contribution is 5.94. The third-order valence-electron chi connectivity index (χ3n) is 5.79. The van der Waals surface area contributed by atoms with Crippen LogP contribution in [0.4, 0.5) is 13.2 Å². The summed E-state index contributed by atoms with van der Waals surface area (Å²) in [5.41, 5.74) is 3.51. The van der Waals surface area contributed by atoms with Crippen LogP contribution in [-0.4, -0.2) is 59.4 Å². The lowest BCUT2D eigenvalue weighted by atomic mass is 9.85. The summed E-state index contributed by atoms with van der Waals surface area (Å²) < 4.78 is 33.3. The van der Waals surface area contributed by atoms with Crippen molar-refractivity contribution in [2.24, 2.45) is 0 Å². The number of nitrogens with zero attached hydrogens (tertiary/aromatic N) is 5. The number of benzene rings is 2. The Bertz CT molecular complexity index is 1290. The Hall–Kier alpha value is -4.29. The van der Waals surface area contributed by atoms with Gasteiger partial charge in [-0.2, -0.15) is 13.2 Å². The predicted molar refractivity (Wildman–Crippen MR) is 121 cm³/mol. The topological polar surface area (TPSA) is 139 Å². The number of carbonyl (C=O) groups is 2. The van der Waals surface area contributed by atoms with E-state index in [1.54, 1.807) is 16.8 Å². The highest BCUT2D eigenvalue weighted by atomic mass is 19.4. The monoisotopic (exact) mass is 501 g/mol. The first-order valence-electron chi connectivity index (χ1n) is 11.1. The number of aromatic nitrogens is 6. The Morgan fingerprint density at radius 3 is 2.44 bits per heavy atom. The highest BCUT2D eigenvalue weighted by Crippen LogP contribution is 2.32. The maximum absolute atomic E-state index is 12.7. The van der Waals surface area contributed by atoms with Gasteiger partial charge in [-0.05, 0) is 66.1 Å². The van der Waals surface area contributed by atoms with Gasteiger partial charge in [0, 0.05) is 17.5 Å². The number of halogens is 3. The highest BCUT2D eigenvalue weighted by Gasteiger charge is 2.38. The summed E-state index contributed by atoms with van der Waals surface area (Å²) >= 11 is 0. The Kier molecular flexibility index (Phi) is 7.27. The fourth-order valence-electron chi connectivity index (χ4n) is 4.05. The fourth-order valence-corrected chi connectivity index (χ4v) is 4.05. The van der Waals surface area contributed by atoms with Crippen LogP contribution in [0.25, 0.3) is 16.7 Å². The Balaban J connectivity index is 0.000000384. The zero-order chi connectivity index (χ0) is 25.7. The summed E-state index contributed by atoms with van der Waals surface area (Å²) in [5.74, 6) is -1.45. The summed E-state index contributed by atoms with van der Waals surface area (Å²) in [6, 6.07) is 15.5. The summed E-state index contributed by atoms with van der Waals surface area (Å²) in [5, 5.41) is 21.4. The molecule has 0 spiro atoms. The third-order valence-corrected chi connectivity index (χ3v) is 5.79. The molecule has 1 aliphatic carbocycles. The van der Waals surface area contributed by atoms with Crippen LogP contribution in [0, 0.1) is 0 Å². The maximum Gasteiger partial charge on any atom is 0.490 e.